The van der Waals surface area contributed by atoms with Crippen molar-refractivity contribution in [3.8, 4) is 0 Å². The third-order valence-electron chi connectivity index (χ3n) is 3.75. The van der Waals surface area contributed by atoms with Crippen molar-refractivity contribution in [2.24, 2.45) is 0 Å². The largest absolute Gasteiger partial charge is 0.478 e. The number of aromatic nitrogens is 2. The van der Waals surface area contributed by atoms with Crippen molar-refractivity contribution in [3.63, 3.8) is 0 Å². The monoisotopic (exact) mass is 307 g/mol. The summed E-state index contributed by atoms with van der Waals surface area (Å²) in [6.45, 7) is 3.81. The number of aromatic carboxylic acids is 1. The maximum absolute atomic E-state index is 11.4. The van der Waals surface area contributed by atoms with Crippen LogP contribution < -0.4 is 5.32 Å². The maximum atomic E-state index is 11.4. The number of hydrogen-bond acceptors (Lipinski definition) is 4. The fourth-order valence-electron chi connectivity index (χ4n) is 2.60. The lowest BCUT2D eigenvalue weighted by Gasteiger charge is -2.18. The number of rotatable bonds is 4. The molecule has 5 nitrogen and oxygen atoms in total. The Morgan fingerprint density at radius 1 is 1.17 bits per heavy atom. The van der Waals surface area contributed by atoms with Crippen molar-refractivity contribution in [1.29, 1.82) is 0 Å². The van der Waals surface area contributed by atoms with Gasteiger partial charge in [0.25, 0.3) is 0 Å². The summed E-state index contributed by atoms with van der Waals surface area (Å²) in [4.78, 5) is 20.1. The molecule has 0 fully saturated rings. The van der Waals surface area contributed by atoms with Crippen LogP contribution in [0.25, 0.3) is 10.9 Å². The van der Waals surface area contributed by atoms with Crippen LogP contribution in [0.4, 0.5) is 5.82 Å². The van der Waals surface area contributed by atoms with E-state index < -0.39 is 5.97 Å². The Hall–Kier alpha value is -2.95. The first-order valence-corrected chi connectivity index (χ1v) is 7.37. The Balaban J connectivity index is 2.00. The van der Waals surface area contributed by atoms with Gasteiger partial charge in [0.2, 0.25) is 0 Å². The number of aryl methyl sites for hydroxylation is 1. The Kier molecular flexibility index (Phi) is 3.93. The lowest BCUT2D eigenvalue weighted by atomic mass is 10.0. The fraction of sp³-hybridized carbons (Fsp3) is 0.167. The summed E-state index contributed by atoms with van der Waals surface area (Å²) in [6, 6.07) is 13.0. The van der Waals surface area contributed by atoms with E-state index in [0.29, 0.717) is 5.82 Å². The fourth-order valence-corrected chi connectivity index (χ4v) is 2.60. The van der Waals surface area contributed by atoms with E-state index in [2.05, 4.69) is 15.3 Å². The van der Waals surface area contributed by atoms with Gasteiger partial charge in [-0.2, -0.15) is 0 Å². The first-order valence-electron chi connectivity index (χ1n) is 7.37. The Morgan fingerprint density at radius 2 is 1.96 bits per heavy atom. The van der Waals surface area contributed by atoms with Crippen LogP contribution in [0.5, 0.6) is 0 Å². The average molecular weight is 307 g/mol. The number of fused-ring (bicyclic) bond motifs is 1. The quantitative estimate of drug-likeness (QED) is 0.766. The zero-order valence-corrected chi connectivity index (χ0v) is 12.9. The number of carboxylic acids is 1. The van der Waals surface area contributed by atoms with Crippen molar-refractivity contribution in [3.05, 3.63) is 65.5 Å². The lowest BCUT2D eigenvalue weighted by molar-refractivity contribution is 0.0697. The summed E-state index contributed by atoms with van der Waals surface area (Å²) in [5.74, 6) is -0.624. The van der Waals surface area contributed by atoms with Gasteiger partial charge in [0.15, 0.2) is 0 Å². The van der Waals surface area contributed by atoms with Crippen LogP contribution in [0.2, 0.25) is 0 Å². The molecule has 23 heavy (non-hydrogen) atoms. The van der Waals surface area contributed by atoms with Crippen molar-refractivity contribution >= 4 is 22.7 Å². The van der Waals surface area contributed by atoms with Crippen LogP contribution in [-0.2, 0) is 0 Å². The second kappa shape index (κ2) is 6.04. The second-order valence-electron chi connectivity index (χ2n) is 5.44. The highest BCUT2D eigenvalue weighted by Gasteiger charge is 2.16. The first kappa shape index (κ1) is 15.0. The second-order valence-corrected chi connectivity index (χ2v) is 5.44. The molecule has 0 radical (unpaired) electrons. The van der Waals surface area contributed by atoms with Gasteiger partial charge in [-0.3, -0.25) is 4.98 Å². The van der Waals surface area contributed by atoms with Gasteiger partial charge in [-0.25, -0.2) is 9.78 Å². The van der Waals surface area contributed by atoms with E-state index in [1.165, 1.54) is 0 Å². The molecule has 0 spiro atoms. The van der Waals surface area contributed by atoms with Crippen molar-refractivity contribution in [2.75, 3.05) is 5.32 Å². The molecule has 0 aliphatic carbocycles. The molecule has 0 amide bonds. The van der Waals surface area contributed by atoms with Gasteiger partial charge < -0.3 is 10.4 Å². The zero-order chi connectivity index (χ0) is 16.4. The van der Waals surface area contributed by atoms with Crippen LogP contribution in [-0.4, -0.2) is 21.0 Å². The van der Waals surface area contributed by atoms with Crippen LogP contribution in [0.1, 0.15) is 34.6 Å². The number of hydrogen-bond donors (Lipinski definition) is 2. The minimum absolute atomic E-state index is 0.124. The third kappa shape index (κ3) is 2.99. The molecule has 116 valence electrons. The van der Waals surface area contributed by atoms with Gasteiger partial charge in [-0.05, 0) is 32.0 Å². The van der Waals surface area contributed by atoms with E-state index >= 15 is 0 Å². The van der Waals surface area contributed by atoms with Crippen molar-refractivity contribution < 1.29 is 9.90 Å². The summed E-state index contributed by atoms with van der Waals surface area (Å²) in [5, 5.41) is 13.6. The van der Waals surface area contributed by atoms with E-state index in [1.807, 2.05) is 44.2 Å². The summed E-state index contributed by atoms with van der Waals surface area (Å²) >= 11 is 0. The number of pyridine rings is 2. The number of para-hydroxylation sites is 1. The van der Waals surface area contributed by atoms with E-state index in [9.17, 15) is 9.90 Å². The van der Waals surface area contributed by atoms with E-state index in [0.717, 1.165) is 22.2 Å². The molecule has 2 aromatic heterocycles. The highest BCUT2D eigenvalue weighted by Crippen LogP contribution is 2.26. The van der Waals surface area contributed by atoms with Crippen molar-refractivity contribution in [2.45, 2.75) is 19.9 Å². The first-order chi connectivity index (χ1) is 11.1. The van der Waals surface area contributed by atoms with Gasteiger partial charge >= 0.3 is 5.97 Å². The summed E-state index contributed by atoms with van der Waals surface area (Å²) < 4.78 is 0. The van der Waals surface area contributed by atoms with Gasteiger partial charge in [0, 0.05) is 22.8 Å². The highest BCUT2D eigenvalue weighted by molar-refractivity contribution is 5.93. The number of carbonyl (C=O) groups is 1. The molecule has 1 unspecified atom stereocenters. The molecule has 2 N–H and O–H groups in total. The number of carboxylic acid groups (broad SMARTS) is 1. The van der Waals surface area contributed by atoms with Crippen LogP contribution in [0, 0.1) is 6.92 Å². The number of anilines is 1. The van der Waals surface area contributed by atoms with E-state index in [1.54, 1.807) is 18.3 Å². The van der Waals surface area contributed by atoms with Crippen molar-refractivity contribution in [1.82, 2.24) is 9.97 Å². The smallest absolute Gasteiger partial charge is 0.339 e. The minimum Gasteiger partial charge on any atom is -0.478 e. The average Bonchev–Trinajstić information content (AvgIpc) is 2.54. The Morgan fingerprint density at radius 3 is 2.74 bits per heavy atom. The molecule has 0 aliphatic rings. The summed E-state index contributed by atoms with van der Waals surface area (Å²) in [6.07, 6.45) is 1.76. The maximum Gasteiger partial charge on any atom is 0.339 e. The molecule has 0 bridgehead atoms. The highest BCUT2D eigenvalue weighted by atomic mass is 16.4. The minimum atomic E-state index is -0.997. The summed E-state index contributed by atoms with van der Waals surface area (Å²) in [7, 11) is 0. The predicted molar refractivity (Wildman–Crippen MR) is 89.7 cm³/mol. The molecule has 3 rings (SSSR count). The van der Waals surface area contributed by atoms with Gasteiger partial charge in [0.05, 0.1) is 11.6 Å². The topological polar surface area (TPSA) is 75.1 Å². The molecule has 2 heterocycles. The number of nitrogens with one attached hydrogen (secondary N) is 1. The van der Waals surface area contributed by atoms with Gasteiger partial charge in [-0.1, -0.05) is 24.3 Å². The predicted octanol–water partition coefficient (Wildman–Crippen LogP) is 3.81. The SMILES string of the molecule is Cc1ccc(C(=O)O)c(NC(C)c2cccc3cccnc23)n1. The number of nitrogens with zero attached hydrogens (tertiary/aromatic N) is 2. The molecular weight excluding hydrogens is 290 g/mol. The van der Waals surface area contributed by atoms with Crippen LogP contribution in [0.15, 0.2) is 48.7 Å². The van der Waals surface area contributed by atoms with E-state index in [-0.39, 0.29) is 11.6 Å². The van der Waals surface area contributed by atoms with E-state index in [4.69, 9.17) is 0 Å². The van der Waals surface area contributed by atoms with Crippen LogP contribution >= 0.6 is 0 Å². The van der Waals surface area contributed by atoms with Gasteiger partial charge in [-0.15, -0.1) is 0 Å². The standard InChI is InChI=1S/C18H17N3O2/c1-11-8-9-15(18(22)23)17(20-11)21-12(2)14-7-3-5-13-6-4-10-19-16(13)14/h3-10,12H,1-2H3,(H,20,21)(H,22,23). The molecule has 3 aromatic rings. The van der Waals surface area contributed by atoms with Gasteiger partial charge in [0.1, 0.15) is 11.4 Å². The van der Waals surface area contributed by atoms with Crippen LogP contribution in [0.3, 0.4) is 0 Å². The lowest BCUT2D eigenvalue weighted by Crippen LogP contribution is -2.13. The summed E-state index contributed by atoms with van der Waals surface area (Å²) in [5.41, 5.74) is 2.83. The molecule has 5 heteroatoms. The molecule has 0 aliphatic heterocycles. The third-order valence-corrected chi connectivity index (χ3v) is 3.75. The molecule has 0 saturated heterocycles. The Bertz CT molecular complexity index is 872. The Labute approximate surface area is 134 Å². The molecular formula is C18H17N3O2. The molecule has 1 aromatic carbocycles. The molecule has 0 saturated carbocycles. The number of benzene rings is 1. The zero-order valence-electron chi connectivity index (χ0n) is 12.9. The normalized spacial score (nSPS) is 12.1. The molecule has 1 atom stereocenters.